The van der Waals surface area contributed by atoms with Gasteiger partial charge in [0.25, 0.3) is 5.91 Å². The Kier molecular flexibility index (Phi) is 11.0. The van der Waals surface area contributed by atoms with Gasteiger partial charge in [0.05, 0.1) is 26.2 Å². The Morgan fingerprint density at radius 3 is 2.49 bits per heavy atom. The fourth-order valence-corrected chi connectivity index (χ4v) is 8.48. The van der Waals surface area contributed by atoms with E-state index in [1.165, 1.54) is 6.42 Å². The van der Waals surface area contributed by atoms with Gasteiger partial charge in [-0.15, -0.1) is 0 Å². The van der Waals surface area contributed by atoms with Gasteiger partial charge in [-0.2, -0.15) is 5.06 Å². The molecule has 8 atom stereocenters. The van der Waals surface area contributed by atoms with Crippen molar-refractivity contribution >= 4 is 23.5 Å². The number of aliphatic hydroxyl groups excluding tert-OH is 1. The van der Waals surface area contributed by atoms with Gasteiger partial charge in [0.15, 0.2) is 0 Å². The number of carbonyl (C=O) groups excluding carboxylic acids is 3. The molecule has 268 valence electrons. The number of nitrogens with one attached hydrogen (secondary N) is 2. The van der Waals surface area contributed by atoms with E-state index >= 15 is 0 Å². The van der Waals surface area contributed by atoms with Gasteiger partial charge in [-0.25, -0.2) is 0 Å². The molecule has 0 spiro atoms. The quantitative estimate of drug-likeness (QED) is 0.280. The molecule has 3 N–H and O–H groups in total. The maximum absolute atomic E-state index is 14.4. The Bertz CT molecular complexity index is 1540. The zero-order valence-electron chi connectivity index (χ0n) is 30.4. The third-order valence-corrected chi connectivity index (χ3v) is 11.5. The number of hydrogen-bond acceptors (Lipinski definition) is 9. The van der Waals surface area contributed by atoms with Gasteiger partial charge in [-0.3, -0.25) is 19.2 Å². The summed E-state index contributed by atoms with van der Waals surface area (Å²) in [7, 11) is 7.03. The molecule has 0 radical (unpaired) electrons. The van der Waals surface area contributed by atoms with Crippen molar-refractivity contribution in [3.8, 4) is 16.9 Å². The number of nitrogens with zero attached hydrogens (tertiary/aromatic N) is 2. The molecular formula is C38H54N4O7. The highest BCUT2D eigenvalue weighted by Crippen LogP contribution is 2.61. The average Bonchev–Trinajstić information content (AvgIpc) is 3.46. The molecular weight excluding hydrogens is 624 g/mol. The largest absolute Gasteiger partial charge is 0.496 e. The molecule has 11 heteroatoms. The molecule has 11 nitrogen and oxygen atoms in total. The summed E-state index contributed by atoms with van der Waals surface area (Å²) >= 11 is 0. The van der Waals surface area contributed by atoms with E-state index in [1.54, 1.807) is 33.1 Å². The van der Waals surface area contributed by atoms with Gasteiger partial charge < -0.3 is 30.1 Å². The van der Waals surface area contributed by atoms with Crippen LogP contribution in [0, 0.1) is 29.1 Å². The van der Waals surface area contributed by atoms with Gasteiger partial charge in [-0.1, -0.05) is 45.9 Å². The number of amides is 2. The molecule has 2 bridgehead atoms. The minimum Gasteiger partial charge on any atom is -0.496 e. The standard InChI is InChI=1S/C38H54N4O7/c1-10-32(44)48-22(3)33-31(20-43)49-42(34(33)37(46)40-30-18-26-17-29(21(30)2)38(26,4)5)19-23-12-11-13-28(35(23)47-9)24-14-25(36(45)39-6)16-27(15-24)41(7)8/h11-16,21-22,26,29-31,33-34,43H,10,17-20H2,1-9H3,(H,39,45)(H,40,46)/t21-,22-,26?,29-,30-,31-,33-,34-/m0/s1. The summed E-state index contributed by atoms with van der Waals surface area (Å²) in [6.45, 7) is 10.2. The SMILES string of the molecule is CCC(=O)O[C@@H](C)[C@H]1[C@H](CO)ON(Cc2cccc(-c3cc(C(=O)NC)cc(N(C)C)c3)c2OC)[C@@H]1C(=O)N[C@H]1CC2C[C@@H]([C@@H]1C)C2(C)C. The van der Waals surface area contributed by atoms with Crippen LogP contribution < -0.4 is 20.3 Å². The Morgan fingerprint density at radius 1 is 1.16 bits per heavy atom. The molecule has 6 rings (SSSR count). The predicted octanol–water partition coefficient (Wildman–Crippen LogP) is 4.41. The fraction of sp³-hybridized carbons (Fsp3) is 0.605. The fourth-order valence-electron chi connectivity index (χ4n) is 8.48. The van der Waals surface area contributed by atoms with Crippen molar-refractivity contribution in [2.75, 3.05) is 39.8 Å². The van der Waals surface area contributed by atoms with Gasteiger partial charge in [0, 0.05) is 56.0 Å². The molecule has 1 saturated heterocycles. The second-order valence-corrected chi connectivity index (χ2v) is 14.8. The van der Waals surface area contributed by atoms with Crippen LogP contribution >= 0.6 is 0 Å². The lowest BCUT2D eigenvalue weighted by Gasteiger charge is -2.62. The van der Waals surface area contributed by atoms with Crippen LogP contribution in [0.2, 0.25) is 0 Å². The number of fused-ring (bicyclic) bond motifs is 2. The molecule has 2 aromatic carbocycles. The van der Waals surface area contributed by atoms with E-state index in [0.29, 0.717) is 29.1 Å². The van der Waals surface area contributed by atoms with Crippen LogP contribution in [-0.2, 0) is 25.7 Å². The Balaban J connectivity index is 1.50. The first-order valence-electron chi connectivity index (χ1n) is 17.5. The van der Waals surface area contributed by atoms with Crippen molar-refractivity contribution in [2.45, 2.75) is 84.7 Å². The number of benzene rings is 2. The summed E-state index contributed by atoms with van der Waals surface area (Å²) in [6.07, 6.45) is 0.843. The summed E-state index contributed by atoms with van der Waals surface area (Å²) in [5.41, 5.74) is 3.94. The van der Waals surface area contributed by atoms with Crippen LogP contribution in [0.4, 0.5) is 5.69 Å². The monoisotopic (exact) mass is 678 g/mol. The maximum atomic E-state index is 14.4. The van der Waals surface area contributed by atoms with Crippen LogP contribution in [0.15, 0.2) is 36.4 Å². The summed E-state index contributed by atoms with van der Waals surface area (Å²) in [5.74, 6) is 0.578. The van der Waals surface area contributed by atoms with E-state index in [1.807, 2.05) is 55.4 Å². The lowest BCUT2D eigenvalue weighted by Crippen LogP contribution is -2.62. The normalized spacial score (nSPS) is 27.8. The maximum Gasteiger partial charge on any atom is 0.305 e. The number of ether oxygens (including phenoxy) is 2. The lowest BCUT2D eigenvalue weighted by molar-refractivity contribution is -0.183. The van der Waals surface area contributed by atoms with Crippen molar-refractivity contribution in [1.29, 1.82) is 0 Å². The molecule has 49 heavy (non-hydrogen) atoms. The highest BCUT2D eigenvalue weighted by atomic mass is 16.7. The topological polar surface area (TPSA) is 130 Å². The third kappa shape index (κ3) is 7.03. The highest BCUT2D eigenvalue weighted by molar-refractivity contribution is 5.97. The van der Waals surface area contributed by atoms with Gasteiger partial charge in [0.1, 0.15) is 24.0 Å². The molecule has 3 saturated carbocycles. The van der Waals surface area contributed by atoms with Crippen molar-refractivity contribution in [3.63, 3.8) is 0 Å². The van der Waals surface area contributed by atoms with Crippen molar-refractivity contribution < 1.29 is 33.8 Å². The number of carbonyl (C=O) groups is 3. The lowest BCUT2D eigenvalue weighted by atomic mass is 9.45. The second kappa shape index (κ2) is 14.7. The van der Waals surface area contributed by atoms with Gasteiger partial charge >= 0.3 is 5.97 Å². The Labute approximate surface area is 290 Å². The number of para-hydroxylation sites is 1. The van der Waals surface area contributed by atoms with E-state index in [4.69, 9.17) is 14.3 Å². The summed E-state index contributed by atoms with van der Waals surface area (Å²) in [5, 5.41) is 18.2. The average molecular weight is 679 g/mol. The first-order valence-corrected chi connectivity index (χ1v) is 17.5. The molecule has 1 aliphatic heterocycles. The van der Waals surface area contributed by atoms with Crippen LogP contribution in [0.1, 0.15) is 69.8 Å². The first kappa shape index (κ1) is 36.6. The third-order valence-electron chi connectivity index (χ3n) is 11.5. The summed E-state index contributed by atoms with van der Waals surface area (Å²) < 4.78 is 11.8. The van der Waals surface area contributed by atoms with Crippen LogP contribution in [0.5, 0.6) is 5.75 Å². The van der Waals surface area contributed by atoms with Crippen molar-refractivity contribution in [1.82, 2.24) is 15.7 Å². The summed E-state index contributed by atoms with van der Waals surface area (Å²) in [6, 6.07) is 10.6. The summed E-state index contributed by atoms with van der Waals surface area (Å²) in [4.78, 5) is 47.8. The van der Waals surface area contributed by atoms with Crippen molar-refractivity contribution in [3.05, 3.63) is 47.5 Å². The number of aliphatic hydroxyl groups is 1. The number of esters is 1. The zero-order chi connectivity index (χ0) is 35.8. The number of hydroxylamine groups is 2. The molecule has 3 aliphatic carbocycles. The van der Waals surface area contributed by atoms with E-state index in [9.17, 15) is 19.5 Å². The molecule has 1 unspecified atom stereocenters. The molecule has 4 aliphatic rings. The molecule has 4 fully saturated rings. The van der Waals surface area contributed by atoms with Crippen LogP contribution in [-0.4, -0.2) is 87.1 Å². The molecule has 0 aromatic heterocycles. The van der Waals surface area contributed by atoms with Crippen LogP contribution in [0.3, 0.4) is 0 Å². The molecule has 2 amide bonds. The highest BCUT2D eigenvalue weighted by Gasteiger charge is 2.57. The minimum atomic E-state index is -0.847. The van der Waals surface area contributed by atoms with E-state index in [-0.39, 0.29) is 48.8 Å². The molecule has 1 heterocycles. The predicted molar refractivity (Wildman–Crippen MR) is 188 cm³/mol. The van der Waals surface area contributed by atoms with E-state index in [2.05, 4.69) is 31.4 Å². The van der Waals surface area contributed by atoms with E-state index < -0.39 is 24.2 Å². The smallest absolute Gasteiger partial charge is 0.305 e. The zero-order valence-corrected chi connectivity index (χ0v) is 30.4. The van der Waals surface area contributed by atoms with E-state index in [0.717, 1.165) is 28.8 Å². The van der Waals surface area contributed by atoms with Gasteiger partial charge in [0.2, 0.25) is 5.91 Å². The second-order valence-electron chi connectivity index (χ2n) is 14.8. The Hall–Kier alpha value is -3.67. The number of anilines is 1. The minimum absolute atomic E-state index is 0.0183. The van der Waals surface area contributed by atoms with Gasteiger partial charge in [-0.05, 0) is 66.7 Å². The van der Waals surface area contributed by atoms with Crippen LogP contribution in [0.25, 0.3) is 11.1 Å². The number of hydrogen-bond donors (Lipinski definition) is 3. The number of methoxy groups -OCH3 is 1. The van der Waals surface area contributed by atoms with Crippen molar-refractivity contribution in [2.24, 2.45) is 29.1 Å². The number of rotatable bonds is 12. The first-order chi connectivity index (χ1) is 23.2. The molecule has 2 aromatic rings. The Morgan fingerprint density at radius 2 is 1.90 bits per heavy atom.